The highest BCUT2D eigenvalue weighted by molar-refractivity contribution is 7.99. The highest BCUT2D eigenvalue weighted by Gasteiger charge is 2.17. The topological polar surface area (TPSA) is 106 Å². The van der Waals surface area contributed by atoms with Crippen LogP contribution in [0.4, 0.5) is 17.1 Å². The highest BCUT2D eigenvalue weighted by Crippen LogP contribution is 2.27. The number of para-hydroxylation sites is 2. The van der Waals surface area contributed by atoms with Crippen LogP contribution in [0.1, 0.15) is 6.92 Å². The van der Waals surface area contributed by atoms with Crippen LogP contribution in [0.2, 0.25) is 0 Å². The first-order valence-corrected chi connectivity index (χ1v) is 10.3. The maximum atomic E-state index is 12.3. The molecule has 0 aliphatic heterocycles. The van der Waals surface area contributed by atoms with Crippen LogP contribution in [0.5, 0.6) is 0 Å². The van der Waals surface area contributed by atoms with E-state index in [4.69, 9.17) is 0 Å². The third-order valence-electron chi connectivity index (χ3n) is 4.38. The van der Waals surface area contributed by atoms with E-state index >= 15 is 0 Å². The Labute approximate surface area is 178 Å². The first-order valence-electron chi connectivity index (χ1n) is 9.27. The van der Waals surface area contributed by atoms with Crippen molar-refractivity contribution in [3.8, 4) is 11.4 Å². The summed E-state index contributed by atoms with van der Waals surface area (Å²) < 4.78 is 1.94. The summed E-state index contributed by atoms with van der Waals surface area (Å²) >= 11 is 1.24. The molecule has 30 heavy (non-hydrogen) atoms. The molecule has 0 fully saturated rings. The minimum absolute atomic E-state index is 0.0593. The van der Waals surface area contributed by atoms with Gasteiger partial charge < -0.3 is 14.8 Å². The molecule has 0 saturated carbocycles. The van der Waals surface area contributed by atoms with Gasteiger partial charge in [-0.3, -0.25) is 14.9 Å². The molecule has 10 heteroatoms. The van der Waals surface area contributed by atoms with Gasteiger partial charge in [-0.25, -0.2) is 0 Å². The Kier molecular flexibility index (Phi) is 6.68. The molecule has 0 unspecified atom stereocenters. The van der Waals surface area contributed by atoms with Crippen LogP contribution < -0.4 is 10.2 Å². The van der Waals surface area contributed by atoms with Crippen molar-refractivity contribution in [2.24, 2.45) is 0 Å². The van der Waals surface area contributed by atoms with Gasteiger partial charge in [-0.2, -0.15) is 0 Å². The fourth-order valence-electron chi connectivity index (χ4n) is 2.86. The van der Waals surface area contributed by atoms with Crippen molar-refractivity contribution in [3.05, 3.63) is 58.6 Å². The summed E-state index contributed by atoms with van der Waals surface area (Å²) in [6, 6.07) is 14.0. The number of amides is 1. The van der Waals surface area contributed by atoms with Crippen molar-refractivity contribution in [2.75, 3.05) is 30.1 Å². The highest BCUT2D eigenvalue weighted by atomic mass is 32.2. The molecule has 1 amide bonds. The summed E-state index contributed by atoms with van der Waals surface area (Å²) in [6.45, 7) is 2.63. The maximum absolute atomic E-state index is 12.3. The molecule has 0 aliphatic carbocycles. The van der Waals surface area contributed by atoms with Gasteiger partial charge in [0.1, 0.15) is 5.69 Å². The zero-order valence-electron chi connectivity index (χ0n) is 16.9. The van der Waals surface area contributed by atoms with Crippen LogP contribution in [-0.2, 0) is 11.3 Å². The standard InChI is InChI=1S/C20H22N6O3S/c1-4-25-19(14-9-11-15(12-10-14)24(2)3)22-23-20(25)30-13-18(27)21-16-7-5-6-8-17(16)26(28)29/h5-12H,4,13H2,1-3H3,(H,21,27). The van der Waals surface area contributed by atoms with Crippen molar-refractivity contribution in [1.82, 2.24) is 14.8 Å². The molecule has 0 aliphatic rings. The van der Waals surface area contributed by atoms with Crippen LogP contribution in [-0.4, -0.2) is 45.4 Å². The summed E-state index contributed by atoms with van der Waals surface area (Å²) in [6.07, 6.45) is 0. The second kappa shape index (κ2) is 9.40. The molecule has 1 heterocycles. The van der Waals surface area contributed by atoms with Gasteiger partial charge in [-0.1, -0.05) is 23.9 Å². The van der Waals surface area contributed by atoms with E-state index in [1.807, 2.05) is 54.8 Å². The van der Waals surface area contributed by atoms with E-state index < -0.39 is 4.92 Å². The van der Waals surface area contributed by atoms with Crippen LogP contribution in [0.15, 0.2) is 53.7 Å². The molecule has 1 aromatic heterocycles. The molecule has 0 bridgehead atoms. The van der Waals surface area contributed by atoms with Crippen LogP contribution in [0.25, 0.3) is 11.4 Å². The first-order chi connectivity index (χ1) is 14.4. The summed E-state index contributed by atoms with van der Waals surface area (Å²) in [5.41, 5.74) is 2.05. The fourth-order valence-corrected chi connectivity index (χ4v) is 3.66. The Bertz CT molecular complexity index is 1050. The second-order valence-electron chi connectivity index (χ2n) is 6.60. The van der Waals surface area contributed by atoms with Crippen molar-refractivity contribution < 1.29 is 9.72 Å². The van der Waals surface area contributed by atoms with E-state index in [1.54, 1.807) is 12.1 Å². The predicted molar refractivity (Wildman–Crippen MR) is 118 cm³/mol. The largest absolute Gasteiger partial charge is 0.378 e. The average molecular weight is 427 g/mol. The predicted octanol–water partition coefficient (Wildman–Crippen LogP) is 3.67. The number of carbonyl (C=O) groups is 1. The van der Waals surface area contributed by atoms with E-state index in [1.165, 1.54) is 23.9 Å². The number of thioether (sulfide) groups is 1. The Balaban J connectivity index is 1.70. The minimum atomic E-state index is -0.523. The summed E-state index contributed by atoms with van der Waals surface area (Å²) in [5, 5.41) is 22.8. The average Bonchev–Trinajstić information content (AvgIpc) is 3.15. The number of nitrogens with one attached hydrogen (secondary N) is 1. The lowest BCUT2D eigenvalue weighted by Crippen LogP contribution is -2.15. The smallest absolute Gasteiger partial charge is 0.292 e. The maximum Gasteiger partial charge on any atom is 0.292 e. The molecule has 2 aromatic carbocycles. The monoisotopic (exact) mass is 426 g/mol. The molecule has 9 nitrogen and oxygen atoms in total. The van der Waals surface area contributed by atoms with Crippen molar-refractivity contribution in [2.45, 2.75) is 18.6 Å². The lowest BCUT2D eigenvalue weighted by molar-refractivity contribution is -0.383. The Morgan fingerprint density at radius 1 is 1.17 bits per heavy atom. The molecule has 0 atom stereocenters. The third kappa shape index (κ3) is 4.77. The van der Waals surface area contributed by atoms with Gasteiger partial charge in [0.25, 0.3) is 5.69 Å². The minimum Gasteiger partial charge on any atom is -0.378 e. The lowest BCUT2D eigenvalue weighted by Gasteiger charge is -2.13. The number of carbonyl (C=O) groups excluding carboxylic acids is 1. The van der Waals surface area contributed by atoms with Crippen molar-refractivity contribution in [1.29, 1.82) is 0 Å². The Morgan fingerprint density at radius 2 is 1.87 bits per heavy atom. The number of hydrogen-bond acceptors (Lipinski definition) is 7. The fraction of sp³-hybridized carbons (Fsp3) is 0.250. The quantitative estimate of drug-likeness (QED) is 0.333. The number of nitro benzene ring substituents is 1. The molecule has 1 N–H and O–H groups in total. The number of rotatable bonds is 8. The molecule has 156 valence electrons. The van der Waals surface area contributed by atoms with Crippen LogP contribution in [0, 0.1) is 10.1 Å². The summed E-state index contributed by atoms with van der Waals surface area (Å²) in [7, 11) is 3.96. The Hall–Kier alpha value is -3.40. The van der Waals surface area contributed by atoms with Gasteiger partial charge in [0.2, 0.25) is 5.91 Å². The van der Waals surface area contributed by atoms with Gasteiger partial charge in [-0.05, 0) is 37.3 Å². The molecule has 0 saturated heterocycles. The van der Waals surface area contributed by atoms with E-state index in [0.717, 1.165) is 17.1 Å². The molecular weight excluding hydrogens is 404 g/mol. The Morgan fingerprint density at radius 3 is 2.50 bits per heavy atom. The molecule has 3 aromatic rings. The van der Waals surface area contributed by atoms with Gasteiger partial charge in [-0.15, -0.1) is 10.2 Å². The summed E-state index contributed by atoms with van der Waals surface area (Å²) in [4.78, 5) is 24.9. The first kappa shape index (κ1) is 21.3. The number of hydrogen-bond donors (Lipinski definition) is 1. The van der Waals surface area contributed by atoms with E-state index in [-0.39, 0.29) is 23.0 Å². The number of benzene rings is 2. The number of nitro groups is 1. The van der Waals surface area contributed by atoms with Crippen LogP contribution in [0.3, 0.4) is 0 Å². The van der Waals surface area contributed by atoms with E-state index in [2.05, 4.69) is 15.5 Å². The van der Waals surface area contributed by atoms with Gasteiger partial charge in [0.05, 0.1) is 10.7 Å². The van der Waals surface area contributed by atoms with Crippen molar-refractivity contribution in [3.63, 3.8) is 0 Å². The lowest BCUT2D eigenvalue weighted by atomic mass is 10.2. The normalized spacial score (nSPS) is 10.6. The number of nitrogens with zero attached hydrogens (tertiary/aromatic N) is 5. The number of aromatic nitrogens is 3. The number of anilines is 2. The van der Waals surface area contributed by atoms with Gasteiger partial charge in [0, 0.05) is 38.0 Å². The molecule has 0 spiro atoms. The van der Waals surface area contributed by atoms with E-state index in [9.17, 15) is 14.9 Å². The van der Waals surface area contributed by atoms with Crippen LogP contribution >= 0.6 is 11.8 Å². The summed E-state index contributed by atoms with van der Waals surface area (Å²) in [5.74, 6) is 0.435. The van der Waals surface area contributed by atoms with Gasteiger partial charge in [0.15, 0.2) is 11.0 Å². The SMILES string of the molecule is CCn1c(SCC(=O)Nc2ccccc2[N+](=O)[O-])nnc1-c1ccc(N(C)C)cc1. The van der Waals surface area contributed by atoms with Crippen molar-refractivity contribution >= 4 is 34.7 Å². The third-order valence-corrected chi connectivity index (χ3v) is 5.35. The zero-order valence-corrected chi connectivity index (χ0v) is 17.7. The molecule has 3 rings (SSSR count). The van der Waals surface area contributed by atoms with E-state index in [0.29, 0.717) is 11.7 Å². The zero-order chi connectivity index (χ0) is 21.7. The molecular formula is C20H22N6O3S. The van der Waals surface area contributed by atoms with Gasteiger partial charge >= 0.3 is 0 Å². The molecule has 0 radical (unpaired) electrons. The second-order valence-corrected chi connectivity index (χ2v) is 7.55.